The predicted molar refractivity (Wildman–Crippen MR) is 50.9 cm³/mol. The zero-order valence-corrected chi connectivity index (χ0v) is 8.33. The molecule has 0 radical (unpaired) electrons. The van der Waals surface area contributed by atoms with Crippen LogP contribution in [0.3, 0.4) is 0 Å². The average Bonchev–Trinajstić information content (AvgIpc) is 2.94. The normalized spacial score (nSPS) is 19.9. The largest absolute Gasteiger partial charge is 0.438 e. The van der Waals surface area contributed by atoms with Crippen LogP contribution in [-0.4, -0.2) is 37.6 Å². The van der Waals surface area contributed by atoms with Gasteiger partial charge in [0.25, 0.3) is 5.85 Å². The predicted octanol–water partition coefficient (Wildman–Crippen LogP) is 0.119. The lowest BCUT2D eigenvalue weighted by Gasteiger charge is -2.26. The molecule has 15 heavy (non-hydrogen) atoms. The molecule has 7 nitrogen and oxygen atoms in total. The van der Waals surface area contributed by atoms with Gasteiger partial charge in [0.05, 0.1) is 0 Å². The summed E-state index contributed by atoms with van der Waals surface area (Å²) in [4.78, 5) is 15.5. The zero-order chi connectivity index (χ0) is 11.1. The van der Waals surface area contributed by atoms with Crippen molar-refractivity contribution in [3.63, 3.8) is 0 Å². The highest BCUT2D eigenvalue weighted by atomic mass is 16.6. The monoisotopic (exact) mass is 212 g/mol. The van der Waals surface area contributed by atoms with Crippen LogP contribution in [-0.2, 0) is 5.85 Å². The molecule has 2 rings (SSSR count). The lowest BCUT2D eigenvalue weighted by molar-refractivity contribution is -0.401. The van der Waals surface area contributed by atoms with Crippen LogP contribution < -0.4 is 0 Å². The molecule has 0 saturated carbocycles. The van der Waals surface area contributed by atoms with E-state index < -0.39 is 10.8 Å². The lowest BCUT2D eigenvalue weighted by atomic mass is 10.3. The molecule has 7 heteroatoms. The number of aliphatic hydroxyl groups is 1. The second-order valence-electron chi connectivity index (χ2n) is 3.47. The van der Waals surface area contributed by atoms with Crippen molar-refractivity contribution in [3.8, 4) is 0 Å². The number of hydrogen-bond acceptors (Lipinski definition) is 5. The van der Waals surface area contributed by atoms with Crippen LogP contribution in [0.15, 0.2) is 12.4 Å². The second kappa shape index (κ2) is 3.28. The molecule has 2 heterocycles. The SMILES string of the molecule is CCC(O)(N1CC1)n1ccnc1[N+](=O)[O-]. The Morgan fingerprint density at radius 2 is 2.40 bits per heavy atom. The Kier molecular flexibility index (Phi) is 2.20. The highest BCUT2D eigenvalue weighted by molar-refractivity contribution is 5.10. The molecular formula is C8H12N4O3. The minimum atomic E-state index is -1.31. The molecular weight excluding hydrogens is 200 g/mol. The van der Waals surface area contributed by atoms with Gasteiger partial charge in [0.15, 0.2) is 0 Å². The van der Waals surface area contributed by atoms with Gasteiger partial charge in [-0.2, -0.15) is 4.57 Å². The molecule has 0 aromatic carbocycles. The van der Waals surface area contributed by atoms with Gasteiger partial charge in [-0.3, -0.25) is 0 Å². The number of hydrogen-bond donors (Lipinski definition) is 1. The fourth-order valence-corrected chi connectivity index (χ4v) is 1.66. The number of nitrogens with zero attached hydrogens (tertiary/aromatic N) is 4. The topological polar surface area (TPSA) is 84.2 Å². The first-order valence-electron chi connectivity index (χ1n) is 4.75. The summed E-state index contributed by atoms with van der Waals surface area (Å²) in [6.07, 6.45) is 3.13. The molecule has 1 aliphatic heterocycles. The Labute approximate surface area is 86.1 Å². The Morgan fingerprint density at radius 3 is 2.87 bits per heavy atom. The quantitative estimate of drug-likeness (QED) is 0.435. The Bertz CT molecular complexity index is 387. The summed E-state index contributed by atoms with van der Waals surface area (Å²) in [7, 11) is 0. The van der Waals surface area contributed by atoms with Gasteiger partial charge in [-0.1, -0.05) is 11.9 Å². The van der Waals surface area contributed by atoms with Crippen molar-refractivity contribution in [2.24, 2.45) is 0 Å². The molecule has 1 aromatic rings. The van der Waals surface area contributed by atoms with Gasteiger partial charge in [0, 0.05) is 19.5 Å². The molecule has 0 aliphatic carbocycles. The first-order chi connectivity index (χ1) is 7.09. The summed E-state index contributed by atoms with van der Waals surface area (Å²) in [5, 5.41) is 21.0. The van der Waals surface area contributed by atoms with Crippen molar-refractivity contribution in [1.29, 1.82) is 0 Å². The standard InChI is InChI=1S/C8H12N4O3/c1-2-8(13,10-5-6-10)11-4-3-9-7(11)12(14)15/h3-4,13H,2,5-6H2,1H3. The van der Waals surface area contributed by atoms with Crippen LogP contribution in [0.1, 0.15) is 13.3 Å². The van der Waals surface area contributed by atoms with E-state index in [1.54, 1.807) is 11.8 Å². The van der Waals surface area contributed by atoms with E-state index in [0.717, 1.165) is 13.1 Å². The van der Waals surface area contributed by atoms with Crippen LogP contribution in [0.4, 0.5) is 5.95 Å². The van der Waals surface area contributed by atoms with E-state index in [4.69, 9.17) is 0 Å². The highest BCUT2D eigenvalue weighted by Crippen LogP contribution is 2.31. The Balaban J connectivity index is 2.41. The summed E-state index contributed by atoms with van der Waals surface area (Å²) in [6, 6.07) is 0. The van der Waals surface area contributed by atoms with Crippen LogP contribution in [0.5, 0.6) is 0 Å². The van der Waals surface area contributed by atoms with Crippen LogP contribution in [0.2, 0.25) is 0 Å². The maximum atomic E-state index is 10.7. The van der Waals surface area contributed by atoms with Crippen molar-refractivity contribution in [2.45, 2.75) is 19.2 Å². The Hall–Kier alpha value is -1.47. The van der Waals surface area contributed by atoms with E-state index in [9.17, 15) is 15.2 Å². The lowest BCUT2D eigenvalue weighted by Crippen LogP contribution is -2.40. The number of aromatic nitrogens is 2. The molecule has 1 aliphatic rings. The van der Waals surface area contributed by atoms with E-state index in [-0.39, 0.29) is 5.95 Å². The molecule has 1 saturated heterocycles. The van der Waals surface area contributed by atoms with Gasteiger partial charge in [0.1, 0.15) is 12.4 Å². The third-order valence-electron chi connectivity index (χ3n) is 2.60. The van der Waals surface area contributed by atoms with Crippen molar-refractivity contribution >= 4 is 5.95 Å². The molecule has 0 bridgehead atoms. The summed E-state index contributed by atoms with van der Waals surface area (Å²) in [5.41, 5.74) is 0. The van der Waals surface area contributed by atoms with E-state index >= 15 is 0 Å². The number of imidazole rings is 1. The Morgan fingerprint density at radius 1 is 1.73 bits per heavy atom. The van der Waals surface area contributed by atoms with Crippen LogP contribution >= 0.6 is 0 Å². The van der Waals surface area contributed by atoms with Gasteiger partial charge >= 0.3 is 5.95 Å². The van der Waals surface area contributed by atoms with Crippen molar-refractivity contribution in [2.75, 3.05) is 13.1 Å². The fraction of sp³-hybridized carbons (Fsp3) is 0.625. The fourth-order valence-electron chi connectivity index (χ4n) is 1.66. The minimum Gasteiger partial charge on any atom is -0.390 e. The smallest absolute Gasteiger partial charge is 0.390 e. The maximum absolute atomic E-state index is 10.7. The van der Waals surface area contributed by atoms with Gasteiger partial charge in [-0.15, -0.1) is 0 Å². The van der Waals surface area contributed by atoms with E-state index in [1.165, 1.54) is 17.0 Å². The van der Waals surface area contributed by atoms with Gasteiger partial charge in [-0.25, -0.2) is 4.90 Å². The molecule has 1 fully saturated rings. The number of rotatable bonds is 4. The highest BCUT2D eigenvalue weighted by Gasteiger charge is 2.46. The second-order valence-corrected chi connectivity index (χ2v) is 3.47. The molecule has 1 atom stereocenters. The average molecular weight is 212 g/mol. The third kappa shape index (κ3) is 1.49. The third-order valence-corrected chi connectivity index (χ3v) is 2.60. The van der Waals surface area contributed by atoms with Crippen LogP contribution in [0.25, 0.3) is 0 Å². The minimum absolute atomic E-state index is 0.328. The first-order valence-corrected chi connectivity index (χ1v) is 4.75. The van der Waals surface area contributed by atoms with E-state index in [1.807, 2.05) is 0 Å². The summed E-state index contributed by atoms with van der Waals surface area (Å²) < 4.78 is 1.21. The zero-order valence-electron chi connectivity index (χ0n) is 8.33. The maximum Gasteiger partial charge on any atom is 0.438 e. The summed E-state index contributed by atoms with van der Waals surface area (Å²) >= 11 is 0. The molecule has 0 spiro atoms. The molecule has 1 aromatic heterocycles. The van der Waals surface area contributed by atoms with Crippen molar-refractivity contribution < 1.29 is 10.0 Å². The molecule has 1 N–H and O–H groups in total. The van der Waals surface area contributed by atoms with Gasteiger partial charge in [0.2, 0.25) is 0 Å². The summed E-state index contributed by atoms with van der Waals surface area (Å²) in [5.74, 6) is -1.63. The van der Waals surface area contributed by atoms with E-state index in [2.05, 4.69) is 4.98 Å². The van der Waals surface area contributed by atoms with Gasteiger partial charge in [-0.05, 0) is 4.92 Å². The molecule has 82 valence electrons. The van der Waals surface area contributed by atoms with Crippen molar-refractivity contribution in [3.05, 3.63) is 22.5 Å². The van der Waals surface area contributed by atoms with Crippen molar-refractivity contribution in [1.82, 2.24) is 14.5 Å². The summed E-state index contributed by atoms with van der Waals surface area (Å²) in [6.45, 7) is 3.28. The van der Waals surface area contributed by atoms with E-state index in [0.29, 0.717) is 6.42 Å². The molecule has 0 amide bonds. The van der Waals surface area contributed by atoms with Crippen LogP contribution in [0, 0.1) is 10.1 Å². The van der Waals surface area contributed by atoms with Gasteiger partial charge < -0.3 is 15.2 Å². The molecule has 1 unspecified atom stereocenters. The number of nitro groups is 1. The first kappa shape index (κ1) is 10.1.